The van der Waals surface area contributed by atoms with E-state index >= 15 is 4.79 Å². The molecule has 9 rings (SSSR count). The second-order valence-corrected chi connectivity index (χ2v) is 24.7. The van der Waals surface area contributed by atoms with E-state index in [1.54, 1.807) is 24.3 Å². The van der Waals surface area contributed by atoms with Gasteiger partial charge in [0.15, 0.2) is 11.7 Å². The highest BCUT2D eigenvalue weighted by Crippen LogP contribution is 2.66. The van der Waals surface area contributed by atoms with Gasteiger partial charge >= 0.3 is 0 Å². The molecule has 14 atom stereocenters. The number of aliphatic imine (C=N–C) groups is 1. The minimum Gasteiger partial charge on any atom is -0.508 e. The summed E-state index contributed by atoms with van der Waals surface area (Å²) >= 11 is 0. The van der Waals surface area contributed by atoms with Crippen LogP contribution in [0.2, 0.25) is 0 Å². The highest BCUT2D eigenvalue weighted by molar-refractivity contribution is 5.98. The Bertz CT molecular complexity index is 3070. The summed E-state index contributed by atoms with van der Waals surface area (Å²) in [5.74, 6) is 4.04. The molecule has 3 heterocycles. The number of hydrogen-bond acceptors (Lipinski definition) is 12. The number of benzene rings is 3. The molecule has 444 valence electrons. The number of β-amino-alcohol motifs (C(OH)–C–C–N with tert-alkyl or cyclic N) is 1. The van der Waals surface area contributed by atoms with Crippen molar-refractivity contribution in [2.75, 3.05) is 26.2 Å². The van der Waals surface area contributed by atoms with Crippen LogP contribution in [0.15, 0.2) is 130 Å². The molecule has 3 aromatic rings. The van der Waals surface area contributed by atoms with Gasteiger partial charge in [0.1, 0.15) is 24.6 Å². The van der Waals surface area contributed by atoms with E-state index in [1.165, 1.54) is 5.57 Å². The predicted molar refractivity (Wildman–Crippen MR) is 325 cm³/mol. The van der Waals surface area contributed by atoms with E-state index in [9.17, 15) is 30.3 Å². The van der Waals surface area contributed by atoms with E-state index in [-0.39, 0.29) is 67.6 Å². The first-order chi connectivity index (χ1) is 39.8. The number of aliphatic hydroxyl groups is 4. The number of nitrogens with two attached hydrogens (primary N) is 3. The topological polar surface area (TPSA) is 271 Å². The first kappa shape index (κ1) is 61.4. The summed E-state index contributed by atoms with van der Waals surface area (Å²) in [6.45, 7) is 13.5. The number of fused-ring (bicyclic) bond motifs is 7. The van der Waals surface area contributed by atoms with Gasteiger partial charge in [0.25, 0.3) is 0 Å². The summed E-state index contributed by atoms with van der Waals surface area (Å²) in [5.41, 5.74) is 24.9. The lowest BCUT2D eigenvalue weighted by Gasteiger charge is -2.56. The van der Waals surface area contributed by atoms with Crippen molar-refractivity contribution in [3.8, 4) is 17.6 Å². The van der Waals surface area contributed by atoms with Crippen molar-refractivity contribution in [2.24, 2.45) is 51.3 Å². The van der Waals surface area contributed by atoms with Crippen molar-refractivity contribution < 1.29 is 39.9 Å². The van der Waals surface area contributed by atoms with Gasteiger partial charge in [0.05, 0.1) is 30.0 Å². The molecule has 83 heavy (non-hydrogen) atoms. The van der Waals surface area contributed by atoms with Gasteiger partial charge in [-0.3, -0.25) is 19.9 Å². The molecule has 3 aliphatic carbocycles. The normalized spacial score (nSPS) is 34.4. The Labute approximate surface area is 490 Å². The van der Waals surface area contributed by atoms with E-state index in [4.69, 9.17) is 21.9 Å². The summed E-state index contributed by atoms with van der Waals surface area (Å²) in [5, 5.41) is 71.9. The lowest BCUT2D eigenvalue weighted by Crippen LogP contribution is -2.59. The number of ketones is 1. The smallest absolute Gasteiger partial charge is 0.243 e. The number of likely N-dealkylation sites (N-methyl/N-ethyl adjacent to an activating group) is 1. The van der Waals surface area contributed by atoms with Gasteiger partial charge in [0.2, 0.25) is 5.91 Å². The number of hydrogen-bond donors (Lipinski definition) is 11. The van der Waals surface area contributed by atoms with Crippen molar-refractivity contribution in [1.29, 1.82) is 0 Å². The fourth-order valence-corrected chi connectivity index (χ4v) is 15.2. The summed E-state index contributed by atoms with van der Waals surface area (Å²) in [7, 11) is 0. The summed E-state index contributed by atoms with van der Waals surface area (Å²) in [6, 6.07) is 19.3. The van der Waals surface area contributed by atoms with Gasteiger partial charge in [-0.05, 0) is 172 Å². The third-order valence-corrected chi connectivity index (χ3v) is 19.5. The molecule has 1 spiro atoms. The van der Waals surface area contributed by atoms with Crippen LogP contribution < -0.4 is 33.2 Å². The zero-order valence-electron chi connectivity index (χ0n) is 49.0. The molecular weight excluding hydrogens is 1040 g/mol. The highest BCUT2D eigenvalue weighted by atomic mass is 16.5. The zero-order chi connectivity index (χ0) is 59.2. The second-order valence-electron chi connectivity index (χ2n) is 24.7. The van der Waals surface area contributed by atoms with Gasteiger partial charge in [-0.1, -0.05) is 122 Å². The molecule has 1 amide bonds. The molecule has 3 aliphatic heterocycles. The number of aromatic hydroxyl groups is 1. The minimum atomic E-state index is -1.37. The van der Waals surface area contributed by atoms with Gasteiger partial charge in [0, 0.05) is 49.2 Å². The van der Waals surface area contributed by atoms with Crippen LogP contribution in [0, 0.1) is 40.9 Å². The van der Waals surface area contributed by atoms with Crippen LogP contribution in [0.5, 0.6) is 5.75 Å². The SMILES string of the molecule is C=C1/C=C/C=C2[C@H]3[C@H](CCC[C@H]2OCC#CC/C(C)=C/C[C@@H]1NCC)C[C@@]1([C@@H]2CC[C@@H](O)Cc4cccc(c4)C[C@H]([C@H](CN=C(N)N)c4ccc(O)cc4)[C@@H](O)CN[C@@H]4C(=O)N[C@H](N)c5cccc(c54)CC(=O)/C(C)=C/2CC[C@@]1(C)O)[C@@H]3O. The first-order valence-electron chi connectivity index (χ1n) is 30.2. The van der Waals surface area contributed by atoms with Crippen molar-refractivity contribution in [3.05, 3.63) is 159 Å². The molecule has 15 heteroatoms. The average molecular weight is 1130 g/mol. The molecule has 6 aliphatic rings. The van der Waals surface area contributed by atoms with Crippen LogP contribution in [0.1, 0.15) is 143 Å². The highest BCUT2D eigenvalue weighted by Gasteiger charge is 2.67. The monoisotopic (exact) mass is 1130 g/mol. The Hall–Kier alpha value is -6.19. The lowest BCUT2D eigenvalue weighted by atomic mass is 9.52. The number of nitrogens with one attached hydrogen (secondary N) is 3. The Morgan fingerprint density at radius 3 is 2.51 bits per heavy atom. The second kappa shape index (κ2) is 26.8. The Morgan fingerprint density at radius 2 is 1.75 bits per heavy atom. The standard InChI is InChI=1S/C68H89N7O8/c1-6-72-56-29-22-40(2)13-7-8-32-83-59-21-12-18-47-37-68(63(80)61(47)51(59)19-9-14-41(56)3)55-28-27-49(77)34-43-15-10-16-44(33-43)35-53(54(38-74-66(70)71)45-23-25-48(76)26-24-45)58(79)39-73-62-60-46(17-11-20-52(60)64(69)75-65(62)81)36-57(78)42(4)50(55)30-31-67(68,5)82/h9-11,14-17,19-20,22-26,33,47,49,53-56,58-59,61-64,72-73,76-77,79-80,82H,3,6,12-13,18,21,27-32,34-39,69H2,1-2,4-5H3,(H,75,81)(H4,70,71,74)/b14-9+,40-22+,50-42+,51-19?/t47-,49-,53-,54-,55-,56+,58+,59-,61-,62+,63-,64+,67-,68-/m1/s1. The first-order valence-corrected chi connectivity index (χ1v) is 30.2. The number of rotatable bonds is 6. The van der Waals surface area contributed by atoms with Crippen LogP contribution in [-0.4, -0.2) is 105 Å². The number of phenolic OH excluding ortho intramolecular Hbond substituents is 1. The van der Waals surface area contributed by atoms with Crippen LogP contribution in [0.3, 0.4) is 0 Å². The van der Waals surface area contributed by atoms with Crippen LogP contribution >= 0.6 is 0 Å². The van der Waals surface area contributed by atoms with Crippen molar-refractivity contribution in [3.63, 3.8) is 0 Å². The largest absolute Gasteiger partial charge is 0.508 e. The van der Waals surface area contributed by atoms with Gasteiger partial charge in [-0.15, -0.1) is 0 Å². The summed E-state index contributed by atoms with van der Waals surface area (Å²) in [6.07, 6.45) is 10.6. The van der Waals surface area contributed by atoms with Gasteiger partial charge < -0.3 is 58.1 Å². The molecule has 2 bridgehead atoms. The maximum atomic E-state index is 15.4. The molecule has 0 aromatic heterocycles. The maximum Gasteiger partial charge on any atom is 0.243 e. The molecule has 0 saturated heterocycles. The van der Waals surface area contributed by atoms with E-state index < -0.39 is 65.2 Å². The van der Waals surface area contributed by atoms with Gasteiger partial charge in [-0.25, -0.2) is 0 Å². The molecule has 0 radical (unpaired) electrons. The van der Waals surface area contributed by atoms with Crippen LogP contribution in [0.4, 0.5) is 0 Å². The third kappa shape index (κ3) is 13.5. The lowest BCUT2D eigenvalue weighted by molar-refractivity contribution is -0.169. The molecule has 14 N–H and O–H groups in total. The number of aliphatic hydroxyl groups excluding tert-OH is 3. The van der Waals surface area contributed by atoms with E-state index in [0.717, 1.165) is 65.6 Å². The minimum absolute atomic E-state index is 0.0262. The van der Waals surface area contributed by atoms with Crippen LogP contribution in [-0.2, 0) is 33.6 Å². The Kier molecular flexibility index (Phi) is 19.8. The maximum absolute atomic E-state index is 15.4. The summed E-state index contributed by atoms with van der Waals surface area (Å²) in [4.78, 5) is 34.1. The Balaban J connectivity index is 1.14. The number of guanidine groups is 1. The van der Waals surface area contributed by atoms with Gasteiger partial charge in [-0.2, -0.15) is 0 Å². The third-order valence-electron chi connectivity index (χ3n) is 19.5. The average Bonchev–Trinajstić information content (AvgIpc) is 1.94. The van der Waals surface area contributed by atoms with Crippen molar-refractivity contribution >= 4 is 17.6 Å². The van der Waals surface area contributed by atoms with E-state index in [1.807, 2.05) is 62.4 Å². The molecule has 3 aromatic carbocycles. The van der Waals surface area contributed by atoms with E-state index in [2.05, 4.69) is 71.4 Å². The number of carbonyl (C=O) groups is 2. The number of phenols is 1. The number of carbonyl (C=O) groups excluding carboxylic acids is 2. The number of ether oxygens (including phenoxy) is 1. The number of amides is 1. The van der Waals surface area contributed by atoms with Crippen molar-refractivity contribution in [1.82, 2.24) is 16.0 Å². The molecule has 3 saturated carbocycles. The fourth-order valence-electron chi connectivity index (χ4n) is 15.2. The zero-order valence-corrected chi connectivity index (χ0v) is 49.0. The molecular formula is C68H89N7O8. The molecule has 0 unspecified atom stereocenters. The van der Waals surface area contributed by atoms with Crippen molar-refractivity contribution in [2.45, 2.75) is 165 Å². The molecule has 3 fully saturated rings. The number of Topliss-reactive ketones (excluding diaryl/α,β-unsaturated/α-hetero) is 1. The Morgan fingerprint density at radius 1 is 0.988 bits per heavy atom. The number of allylic oxidation sites excluding steroid dienone is 5. The predicted octanol–water partition coefficient (Wildman–Crippen LogP) is 6.99. The number of nitrogens with zero attached hydrogens (tertiary/aromatic N) is 1. The molecule has 15 nitrogen and oxygen atoms in total. The summed E-state index contributed by atoms with van der Waals surface area (Å²) < 4.78 is 6.72. The quantitative estimate of drug-likeness (QED) is 0.0515. The van der Waals surface area contributed by atoms with E-state index in [0.29, 0.717) is 73.6 Å². The van der Waals surface area contributed by atoms with Crippen LogP contribution in [0.25, 0.3) is 0 Å². The fraction of sp³-hybridized carbons (Fsp3) is 0.515.